The highest BCUT2D eigenvalue weighted by atomic mass is 16.5. The summed E-state index contributed by atoms with van der Waals surface area (Å²) in [6, 6.07) is -0.870. The lowest BCUT2D eigenvalue weighted by atomic mass is 10.3. The summed E-state index contributed by atoms with van der Waals surface area (Å²) < 4.78 is 5.32. The maximum atomic E-state index is 10.3. The van der Waals surface area contributed by atoms with Crippen LogP contribution < -0.4 is 5.73 Å². The Kier molecular flexibility index (Phi) is 3.49. The largest absolute Gasteiger partial charge is 0.480 e. The molecular weight excluding hydrogens is 158 g/mol. The minimum atomic E-state index is -0.993. The molecule has 0 bridgehead atoms. The number of carboxylic acid groups (broad SMARTS) is 1. The Bertz CT molecular complexity index is 154. The first kappa shape index (κ1) is 9.48. The van der Waals surface area contributed by atoms with E-state index in [1.165, 1.54) is 12.8 Å². The van der Waals surface area contributed by atoms with E-state index in [4.69, 9.17) is 15.6 Å². The molecule has 0 heterocycles. The van der Waals surface area contributed by atoms with Crippen LogP contribution in [0.25, 0.3) is 0 Å². The van der Waals surface area contributed by atoms with E-state index in [9.17, 15) is 4.79 Å². The monoisotopic (exact) mass is 173 g/mol. The van der Waals surface area contributed by atoms with Crippen molar-refractivity contribution in [3.8, 4) is 0 Å². The van der Waals surface area contributed by atoms with Gasteiger partial charge in [-0.3, -0.25) is 4.79 Å². The molecule has 0 saturated heterocycles. The zero-order chi connectivity index (χ0) is 8.97. The molecule has 4 heteroatoms. The van der Waals surface area contributed by atoms with Crippen molar-refractivity contribution < 1.29 is 14.6 Å². The molecule has 0 aromatic heterocycles. The van der Waals surface area contributed by atoms with Crippen LogP contribution in [0.3, 0.4) is 0 Å². The second-order valence-corrected chi connectivity index (χ2v) is 3.18. The van der Waals surface area contributed by atoms with Gasteiger partial charge in [0.25, 0.3) is 0 Å². The molecule has 4 nitrogen and oxygen atoms in total. The summed E-state index contributed by atoms with van der Waals surface area (Å²) in [5.41, 5.74) is 5.27. The van der Waals surface area contributed by atoms with Crippen molar-refractivity contribution in [1.82, 2.24) is 0 Å². The molecule has 1 atom stereocenters. The predicted octanol–water partition coefficient (Wildman–Crippen LogP) is 0.357. The van der Waals surface area contributed by atoms with Crippen molar-refractivity contribution in [2.75, 3.05) is 6.61 Å². The first-order chi connectivity index (χ1) is 5.70. The van der Waals surface area contributed by atoms with Crippen LogP contribution in [0.5, 0.6) is 0 Å². The third-order valence-electron chi connectivity index (χ3n) is 2.13. The molecule has 0 radical (unpaired) electrons. The summed E-state index contributed by atoms with van der Waals surface area (Å²) in [6.07, 6.45) is 4.72. The number of aliphatic carboxylic acids is 1. The molecule has 70 valence electrons. The van der Waals surface area contributed by atoms with E-state index in [1.807, 2.05) is 0 Å². The number of hydrogen-bond acceptors (Lipinski definition) is 3. The molecule has 12 heavy (non-hydrogen) atoms. The number of nitrogens with two attached hydrogens (primary N) is 1. The average Bonchev–Trinajstić information content (AvgIpc) is 2.51. The van der Waals surface area contributed by atoms with Crippen LogP contribution in [0.2, 0.25) is 0 Å². The molecule has 0 aromatic rings. The molecule has 3 N–H and O–H groups in total. The van der Waals surface area contributed by atoms with Gasteiger partial charge in [-0.15, -0.1) is 0 Å². The zero-order valence-electron chi connectivity index (χ0n) is 7.03. The van der Waals surface area contributed by atoms with Crippen molar-refractivity contribution in [3.05, 3.63) is 0 Å². The van der Waals surface area contributed by atoms with Crippen molar-refractivity contribution in [3.63, 3.8) is 0 Å². The van der Waals surface area contributed by atoms with Crippen LogP contribution in [0.15, 0.2) is 0 Å². The summed E-state index contributed by atoms with van der Waals surface area (Å²) in [7, 11) is 0. The number of carboxylic acids is 1. The van der Waals surface area contributed by atoms with Crippen LogP contribution in [0.1, 0.15) is 25.7 Å². The smallest absolute Gasteiger partial charge is 0.322 e. The molecule has 0 aromatic carbocycles. The molecular formula is C8H15NO3. The molecule has 1 fully saturated rings. The quantitative estimate of drug-likeness (QED) is 0.643. The zero-order valence-corrected chi connectivity index (χ0v) is 7.03. The average molecular weight is 173 g/mol. The van der Waals surface area contributed by atoms with E-state index in [0.29, 0.717) is 0 Å². The standard InChI is InChI=1S/C8H15NO3/c9-7(8(10)11)5-12-6-3-1-2-4-6/h6-7H,1-5,9H2,(H,10,11). The second kappa shape index (κ2) is 4.42. The lowest BCUT2D eigenvalue weighted by molar-refractivity contribution is -0.140. The summed E-state index contributed by atoms with van der Waals surface area (Å²) in [6.45, 7) is 0.139. The van der Waals surface area contributed by atoms with Gasteiger partial charge in [0, 0.05) is 0 Å². The maximum Gasteiger partial charge on any atom is 0.322 e. The van der Waals surface area contributed by atoms with Gasteiger partial charge in [0.15, 0.2) is 0 Å². The highest BCUT2D eigenvalue weighted by molar-refractivity contribution is 5.73. The Morgan fingerprint density at radius 1 is 1.58 bits per heavy atom. The number of carbonyl (C=O) groups is 1. The van der Waals surface area contributed by atoms with Gasteiger partial charge in [0.2, 0.25) is 0 Å². The fourth-order valence-corrected chi connectivity index (χ4v) is 1.37. The lowest BCUT2D eigenvalue weighted by Gasteiger charge is -2.12. The minimum Gasteiger partial charge on any atom is -0.480 e. The third-order valence-corrected chi connectivity index (χ3v) is 2.13. The highest BCUT2D eigenvalue weighted by Crippen LogP contribution is 2.20. The van der Waals surface area contributed by atoms with E-state index < -0.39 is 12.0 Å². The number of hydrogen-bond donors (Lipinski definition) is 2. The molecule has 0 amide bonds. The fraction of sp³-hybridized carbons (Fsp3) is 0.875. The lowest BCUT2D eigenvalue weighted by Crippen LogP contribution is -2.36. The highest BCUT2D eigenvalue weighted by Gasteiger charge is 2.18. The van der Waals surface area contributed by atoms with E-state index in [2.05, 4.69) is 0 Å². The van der Waals surface area contributed by atoms with E-state index in [0.717, 1.165) is 12.8 Å². The SMILES string of the molecule is NC(COC1CCCC1)C(=O)O. The molecule has 0 aliphatic heterocycles. The van der Waals surface area contributed by atoms with Crippen LogP contribution >= 0.6 is 0 Å². The predicted molar refractivity (Wildman–Crippen MR) is 43.8 cm³/mol. The first-order valence-electron chi connectivity index (χ1n) is 4.30. The minimum absolute atomic E-state index is 0.139. The van der Waals surface area contributed by atoms with Crippen LogP contribution in [-0.2, 0) is 9.53 Å². The van der Waals surface area contributed by atoms with Crippen molar-refractivity contribution >= 4 is 5.97 Å². The van der Waals surface area contributed by atoms with E-state index in [1.54, 1.807) is 0 Å². The Hall–Kier alpha value is -0.610. The third kappa shape index (κ3) is 2.79. The van der Waals surface area contributed by atoms with Gasteiger partial charge in [-0.25, -0.2) is 0 Å². The summed E-state index contributed by atoms with van der Waals surface area (Å²) in [5, 5.41) is 8.45. The van der Waals surface area contributed by atoms with Gasteiger partial charge in [0.1, 0.15) is 6.04 Å². The normalized spacial score (nSPS) is 21.1. The van der Waals surface area contributed by atoms with Crippen molar-refractivity contribution in [1.29, 1.82) is 0 Å². The van der Waals surface area contributed by atoms with Gasteiger partial charge >= 0.3 is 5.97 Å². The Morgan fingerprint density at radius 3 is 2.67 bits per heavy atom. The van der Waals surface area contributed by atoms with Gasteiger partial charge in [-0.05, 0) is 12.8 Å². The molecule has 1 aliphatic carbocycles. The molecule has 0 spiro atoms. The summed E-state index contributed by atoms with van der Waals surface area (Å²) in [4.78, 5) is 10.3. The van der Waals surface area contributed by atoms with Crippen LogP contribution in [0.4, 0.5) is 0 Å². The number of rotatable bonds is 4. The molecule has 1 rings (SSSR count). The van der Waals surface area contributed by atoms with Crippen molar-refractivity contribution in [2.45, 2.75) is 37.8 Å². The van der Waals surface area contributed by atoms with Gasteiger partial charge in [-0.1, -0.05) is 12.8 Å². The number of ether oxygens (including phenoxy) is 1. The molecule has 1 saturated carbocycles. The molecule has 1 unspecified atom stereocenters. The fourth-order valence-electron chi connectivity index (χ4n) is 1.37. The first-order valence-corrected chi connectivity index (χ1v) is 4.30. The van der Waals surface area contributed by atoms with Crippen LogP contribution in [-0.4, -0.2) is 29.8 Å². The van der Waals surface area contributed by atoms with Crippen LogP contribution in [0, 0.1) is 0 Å². The topological polar surface area (TPSA) is 72.5 Å². The van der Waals surface area contributed by atoms with Gasteiger partial charge < -0.3 is 15.6 Å². The van der Waals surface area contributed by atoms with E-state index >= 15 is 0 Å². The summed E-state index contributed by atoms with van der Waals surface area (Å²) in [5.74, 6) is -0.993. The Morgan fingerprint density at radius 2 is 2.17 bits per heavy atom. The van der Waals surface area contributed by atoms with Crippen molar-refractivity contribution in [2.24, 2.45) is 5.73 Å². The van der Waals surface area contributed by atoms with Gasteiger partial charge in [-0.2, -0.15) is 0 Å². The Balaban J connectivity index is 2.11. The molecule has 1 aliphatic rings. The second-order valence-electron chi connectivity index (χ2n) is 3.18. The van der Waals surface area contributed by atoms with E-state index in [-0.39, 0.29) is 12.7 Å². The van der Waals surface area contributed by atoms with Gasteiger partial charge in [0.05, 0.1) is 12.7 Å². The Labute approximate surface area is 71.7 Å². The maximum absolute atomic E-state index is 10.3. The summed E-state index contributed by atoms with van der Waals surface area (Å²) >= 11 is 0.